The number of para-hydroxylation sites is 1. The lowest BCUT2D eigenvalue weighted by Gasteiger charge is -2.33. The van der Waals surface area contributed by atoms with Gasteiger partial charge < -0.3 is 20.3 Å². The second kappa shape index (κ2) is 9.05. The Kier molecular flexibility index (Phi) is 5.79. The van der Waals surface area contributed by atoms with Crippen LogP contribution in [0.2, 0.25) is 0 Å². The van der Waals surface area contributed by atoms with Crippen molar-refractivity contribution in [2.75, 3.05) is 19.6 Å². The molecule has 2 heterocycles. The molecular weight excluding hydrogens is 432 g/mol. The highest BCUT2D eigenvalue weighted by Crippen LogP contribution is 2.37. The van der Waals surface area contributed by atoms with E-state index < -0.39 is 6.04 Å². The summed E-state index contributed by atoms with van der Waals surface area (Å²) in [4.78, 5) is 41.8. The van der Waals surface area contributed by atoms with Gasteiger partial charge in [-0.15, -0.1) is 6.58 Å². The van der Waals surface area contributed by atoms with E-state index in [0.29, 0.717) is 22.8 Å². The standard InChI is InChI=1S/C26H26N4O4/c1-2-13-30-21-15-29(16-22(31)27-18-11-12-18)25(32)23(21)24(28-26(30)33)17-7-6-10-20(14-17)34-19-8-4-3-5-9-19/h2-10,14,18,24H,1,11-13,15-16H2,(H,27,31)(H,28,33)/t24-/m0/s1. The maximum atomic E-state index is 13.4. The molecule has 1 aliphatic carbocycles. The quantitative estimate of drug-likeness (QED) is 0.595. The van der Waals surface area contributed by atoms with E-state index in [1.807, 2.05) is 54.6 Å². The Labute approximate surface area is 197 Å². The Hall–Kier alpha value is -4.07. The van der Waals surface area contributed by atoms with Gasteiger partial charge in [-0.05, 0) is 42.7 Å². The molecule has 0 saturated heterocycles. The lowest BCUT2D eigenvalue weighted by Crippen LogP contribution is -2.47. The lowest BCUT2D eigenvalue weighted by molar-refractivity contribution is -0.132. The highest BCUT2D eigenvalue weighted by atomic mass is 16.5. The van der Waals surface area contributed by atoms with Crippen LogP contribution in [0.15, 0.2) is 78.5 Å². The number of urea groups is 1. The van der Waals surface area contributed by atoms with E-state index in [4.69, 9.17) is 4.74 Å². The van der Waals surface area contributed by atoms with E-state index in [9.17, 15) is 14.4 Å². The lowest BCUT2D eigenvalue weighted by atomic mass is 9.95. The van der Waals surface area contributed by atoms with Gasteiger partial charge in [0.15, 0.2) is 0 Å². The fourth-order valence-electron chi connectivity index (χ4n) is 4.30. The van der Waals surface area contributed by atoms with Gasteiger partial charge in [-0.1, -0.05) is 36.4 Å². The number of nitrogens with zero attached hydrogens (tertiary/aromatic N) is 2. The Bertz CT molecular complexity index is 1170. The zero-order valence-electron chi connectivity index (χ0n) is 18.7. The first kappa shape index (κ1) is 21.8. The number of nitrogens with one attached hydrogen (secondary N) is 2. The average molecular weight is 459 g/mol. The molecule has 0 bridgehead atoms. The Morgan fingerprint density at radius 3 is 2.62 bits per heavy atom. The summed E-state index contributed by atoms with van der Waals surface area (Å²) in [6.45, 7) is 4.16. The Morgan fingerprint density at radius 2 is 1.88 bits per heavy atom. The molecule has 1 atom stereocenters. The molecule has 2 N–H and O–H groups in total. The van der Waals surface area contributed by atoms with Crippen LogP contribution in [-0.4, -0.2) is 53.3 Å². The average Bonchev–Trinajstić information content (AvgIpc) is 3.59. The summed E-state index contributed by atoms with van der Waals surface area (Å²) in [5.41, 5.74) is 1.80. The molecule has 2 aromatic carbocycles. The minimum atomic E-state index is -0.646. The number of carbonyl (C=O) groups excluding carboxylic acids is 3. The van der Waals surface area contributed by atoms with E-state index in [2.05, 4.69) is 17.2 Å². The highest BCUT2D eigenvalue weighted by Gasteiger charge is 2.44. The van der Waals surface area contributed by atoms with Crippen LogP contribution in [0.5, 0.6) is 11.5 Å². The smallest absolute Gasteiger partial charge is 0.322 e. The maximum absolute atomic E-state index is 13.4. The first-order chi connectivity index (χ1) is 16.5. The molecule has 1 saturated carbocycles. The number of carbonyl (C=O) groups is 3. The number of benzene rings is 2. The largest absolute Gasteiger partial charge is 0.457 e. The number of hydrogen-bond donors (Lipinski definition) is 2. The van der Waals surface area contributed by atoms with Gasteiger partial charge in [0.2, 0.25) is 5.91 Å². The zero-order chi connectivity index (χ0) is 23.7. The number of hydrogen-bond acceptors (Lipinski definition) is 4. The molecule has 8 nitrogen and oxygen atoms in total. The topological polar surface area (TPSA) is 91.0 Å². The molecule has 2 aliphatic heterocycles. The monoisotopic (exact) mass is 458 g/mol. The van der Waals surface area contributed by atoms with Crippen LogP contribution in [0.3, 0.4) is 0 Å². The van der Waals surface area contributed by atoms with E-state index in [0.717, 1.165) is 18.4 Å². The fraction of sp³-hybridized carbons (Fsp3) is 0.269. The van der Waals surface area contributed by atoms with Crippen molar-refractivity contribution < 1.29 is 19.1 Å². The molecule has 174 valence electrons. The SMILES string of the molecule is C=CCN1C(=O)N[C@@H](c2cccc(Oc3ccccc3)c2)C2=C1CN(CC(=O)NC1CC1)C2=O. The van der Waals surface area contributed by atoms with Crippen LogP contribution in [-0.2, 0) is 9.59 Å². The van der Waals surface area contributed by atoms with Crippen molar-refractivity contribution in [3.05, 3.63) is 84.1 Å². The Morgan fingerprint density at radius 1 is 1.12 bits per heavy atom. The summed E-state index contributed by atoms with van der Waals surface area (Å²) in [5, 5.41) is 5.88. The van der Waals surface area contributed by atoms with E-state index in [1.165, 1.54) is 9.80 Å². The molecule has 2 aromatic rings. The third-order valence-electron chi connectivity index (χ3n) is 6.06. The van der Waals surface area contributed by atoms with E-state index in [1.54, 1.807) is 6.08 Å². The molecule has 3 aliphatic rings. The van der Waals surface area contributed by atoms with Gasteiger partial charge in [-0.2, -0.15) is 0 Å². The van der Waals surface area contributed by atoms with E-state index in [-0.39, 0.29) is 43.5 Å². The number of ether oxygens (including phenoxy) is 1. The van der Waals surface area contributed by atoms with Gasteiger partial charge in [0.05, 0.1) is 23.9 Å². The minimum absolute atomic E-state index is 0.0394. The van der Waals surface area contributed by atoms with Crippen molar-refractivity contribution >= 4 is 17.8 Å². The van der Waals surface area contributed by atoms with Crippen LogP contribution in [0, 0.1) is 0 Å². The van der Waals surface area contributed by atoms with Gasteiger partial charge in [0.1, 0.15) is 18.0 Å². The fourth-order valence-corrected chi connectivity index (χ4v) is 4.30. The number of amides is 4. The van der Waals surface area contributed by atoms with Gasteiger partial charge in [0, 0.05) is 12.6 Å². The predicted octanol–water partition coefficient (Wildman–Crippen LogP) is 3.11. The van der Waals surface area contributed by atoms with Crippen molar-refractivity contribution in [1.29, 1.82) is 0 Å². The van der Waals surface area contributed by atoms with Crippen LogP contribution in [0.4, 0.5) is 4.79 Å². The van der Waals surface area contributed by atoms with Crippen molar-refractivity contribution in [3.63, 3.8) is 0 Å². The zero-order valence-corrected chi connectivity index (χ0v) is 18.7. The molecule has 0 unspecified atom stereocenters. The molecule has 0 radical (unpaired) electrons. The first-order valence-corrected chi connectivity index (χ1v) is 11.4. The van der Waals surface area contributed by atoms with Crippen molar-refractivity contribution in [2.45, 2.75) is 24.9 Å². The molecule has 0 aromatic heterocycles. The predicted molar refractivity (Wildman–Crippen MR) is 126 cm³/mol. The van der Waals surface area contributed by atoms with Crippen molar-refractivity contribution in [1.82, 2.24) is 20.4 Å². The van der Waals surface area contributed by atoms with Gasteiger partial charge >= 0.3 is 6.03 Å². The molecule has 0 spiro atoms. The molecule has 34 heavy (non-hydrogen) atoms. The van der Waals surface area contributed by atoms with Gasteiger partial charge in [-0.25, -0.2) is 4.79 Å². The van der Waals surface area contributed by atoms with E-state index >= 15 is 0 Å². The summed E-state index contributed by atoms with van der Waals surface area (Å²) in [7, 11) is 0. The molecular formula is C26H26N4O4. The first-order valence-electron chi connectivity index (χ1n) is 11.4. The third-order valence-corrected chi connectivity index (χ3v) is 6.06. The van der Waals surface area contributed by atoms with Crippen LogP contribution >= 0.6 is 0 Å². The van der Waals surface area contributed by atoms with Crippen molar-refractivity contribution in [3.8, 4) is 11.5 Å². The summed E-state index contributed by atoms with van der Waals surface area (Å²) >= 11 is 0. The molecule has 8 heteroatoms. The summed E-state index contributed by atoms with van der Waals surface area (Å²) in [6, 6.07) is 16.0. The van der Waals surface area contributed by atoms with Crippen LogP contribution in [0.1, 0.15) is 24.4 Å². The summed E-state index contributed by atoms with van der Waals surface area (Å²) in [6.07, 6.45) is 3.57. The van der Waals surface area contributed by atoms with Gasteiger partial charge in [0.25, 0.3) is 5.91 Å². The second-order valence-corrected chi connectivity index (χ2v) is 8.63. The Balaban J connectivity index is 1.43. The van der Waals surface area contributed by atoms with Crippen LogP contribution in [0.25, 0.3) is 0 Å². The highest BCUT2D eigenvalue weighted by molar-refractivity contribution is 6.03. The number of rotatable bonds is 8. The normalized spacial score (nSPS) is 19.6. The third kappa shape index (κ3) is 4.39. The summed E-state index contributed by atoms with van der Waals surface area (Å²) in [5.74, 6) is 0.850. The molecule has 5 rings (SSSR count). The summed E-state index contributed by atoms with van der Waals surface area (Å²) < 4.78 is 5.95. The minimum Gasteiger partial charge on any atom is -0.457 e. The van der Waals surface area contributed by atoms with Gasteiger partial charge in [-0.3, -0.25) is 14.5 Å². The molecule has 1 fully saturated rings. The second-order valence-electron chi connectivity index (χ2n) is 8.63. The van der Waals surface area contributed by atoms with Crippen molar-refractivity contribution in [2.24, 2.45) is 0 Å². The molecule has 4 amide bonds. The maximum Gasteiger partial charge on any atom is 0.322 e. The van der Waals surface area contributed by atoms with Crippen LogP contribution < -0.4 is 15.4 Å².